The quantitative estimate of drug-likeness (QED) is 0.774. The van der Waals surface area contributed by atoms with Gasteiger partial charge >= 0.3 is 0 Å². The summed E-state index contributed by atoms with van der Waals surface area (Å²) in [5, 5.41) is 12.3. The van der Waals surface area contributed by atoms with Crippen molar-refractivity contribution in [3.05, 3.63) is 35.6 Å². The second kappa shape index (κ2) is 8.47. The highest BCUT2D eigenvalue weighted by Gasteiger charge is 2.24. The average molecular weight is 294 g/mol. The lowest BCUT2D eigenvalue weighted by Crippen LogP contribution is -2.32. The van der Waals surface area contributed by atoms with Crippen LogP contribution in [0, 0.1) is 5.82 Å². The van der Waals surface area contributed by atoms with E-state index in [-0.39, 0.29) is 18.5 Å². The molecule has 1 aliphatic rings. The van der Waals surface area contributed by atoms with Crippen molar-refractivity contribution in [3.63, 3.8) is 0 Å². The Kier molecular flexibility index (Phi) is 6.61. The lowest BCUT2D eigenvalue weighted by molar-refractivity contribution is 0.208. The van der Waals surface area contributed by atoms with Gasteiger partial charge in [-0.25, -0.2) is 4.39 Å². The first-order valence-corrected chi connectivity index (χ1v) is 8.02. The molecule has 1 aliphatic heterocycles. The Bertz CT molecular complexity index is 427. The molecule has 0 amide bonds. The van der Waals surface area contributed by atoms with Gasteiger partial charge in [-0.05, 0) is 63.4 Å². The standard InChI is InChI=1S/C17H27FN2O/c1-19-17(14-5-2-6-15(18)13-14)9-11-20-10-3-7-16(20)8-4-12-21/h2,5-6,13,16-17,19,21H,3-4,7-12H2,1H3. The molecule has 0 spiro atoms. The summed E-state index contributed by atoms with van der Waals surface area (Å²) >= 11 is 0. The summed E-state index contributed by atoms with van der Waals surface area (Å²) in [6, 6.07) is 7.67. The Labute approximate surface area is 127 Å². The normalized spacial score (nSPS) is 20.8. The van der Waals surface area contributed by atoms with E-state index in [0.29, 0.717) is 6.04 Å². The molecule has 4 heteroatoms. The van der Waals surface area contributed by atoms with Crippen molar-refractivity contribution >= 4 is 0 Å². The predicted molar refractivity (Wildman–Crippen MR) is 83.7 cm³/mol. The van der Waals surface area contributed by atoms with E-state index < -0.39 is 0 Å². The summed E-state index contributed by atoms with van der Waals surface area (Å²) < 4.78 is 13.3. The Morgan fingerprint density at radius 1 is 1.48 bits per heavy atom. The van der Waals surface area contributed by atoms with Crippen LogP contribution in [0.4, 0.5) is 4.39 Å². The van der Waals surface area contributed by atoms with Crippen molar-refractivity contribution in [1.82, 2.24) is 10.2 Å². The zero-order valence-electron chi connectivity index (χ0n) is 12.9. The van der Waals surface area contributed by atoms with Crippen molar-refractivity contribution < 1.29 is 9.50 Å². The molecule has 2 N–H and O–H groups in total. The SMILES string of the molecule is CNC(CCN1CCCC1CCCO)c1cccc(F)c1. The molecular formula is C17H27FN2O. The molecule has 0 bridgehead atoms. The van der Waals surface area contributed by atoms with Crippen LogP contribution in [-0.4, -0.2) is 42.8 Å². The average Bonchev–Trinajstić information content (AvgIpc) is 2.93. The van der Waals surface area contributed by atoms with Crippen LogP contribution < -0.4 is 5.32 Å². The van der Waals surface area contributed by atoms with Gasteiger partial charge in [-0.1, -0.05) is 12.1 Å². The van der Waals surface area contributed by atoms with E-state index in [1.807, 2.05) is 13.1 Å². The minimum atomic E-state index is -0.172. The molecule has 0 aliphatic carbocycles. The highest BCUT2D eigenvalue weighted by Crippen LogP contribution is 2.24. The predicted octanol–water partition coefficient (Wildman–Crippen LogP) is 2.71. The van der Waals surface area contributed by atoms with Gasteiger partial charge in [0.2, 0.25) is 0 Å². The third kappa shape index (κ3) is 4.77. The maximum absolute atomic E-state index is 13.3. The number of likely N-dealkylation sites (tertiary alicyclic amines) is 1. The lowest BCUT2D eigenvalue weighted by Gasteiger charge is -2.26. The summed E-state index contributed by atoms with van der Waals surface area (Å²) in [7, 11) is 1.93. The van der Waals surface area contributed by atoms with Crippen LogP contribution >= 0.6 is 0 Å². The van der Waals surface area contributed by atoms with Crippen molar-refractivity contribution in [2.75, 3.05) is 26.7 Å². The molecule has 0 radical (unpaired) electrons. The van der Waals surface area contributed by atoms with Crippen LogP contribution in [0.5, 0.6) is 0 Å². The molecule has 0 aromatic heterocycles. The molecular weight excluding hydrogens is 267 g/mol. The smallest absolute Gasteiger partial charge is 0.123 e. The minimum Gasteiger partial charge on any atom is -0.396 e. The maximum atomic E-state index is 13.3. The lowest BCUT2D eigenvalue weighted by atomic mass is 10.0. The first-order chi connectivity index (χ1) is 10.2. The molecule has 118 valence electrons. The Balaban J connectivity index is 1.87. The minimum absolute atomic E-state index is 0.172. The second-order valence-electron chi connectivity index (χ2n) is 5.88. The third-order valence-electron chi connectivity index (χ3n) is 4.50. The van der Waals surface area contributed by atoms with Crippen LogP contribution in [0.1, 0.15) is 43.7 Å². The van der Waals surface area contributed by atoms with Crippen LogP contribution in [0.2, 0.25) is 0 Å². The number of aliphatic hydroxyl groups excluding tert-OH is 1. The highest BCUT2D eigenvalue weighted by molar-refractivity contribution is 5.20. The molecule has 2 rings (SSSR count). The van der Waals surface area contributed by atoms with Gasteiger partial charge in [0, 0.05) is 25.2 Å². The molecule has 1 fully saturated rings. The van der Waals surface area contributed by atoms with E-state index in [2.05, 4.69) is 10.2 Å². The molecule has 3 nitrogen and oxygen atoms in total. The van der Waals surface area contributed by atoms with Crippen LogP contribution in [-0.2, 0) is 0 Å². The van der Waals surface area contributed by atoms with Gasteiger partial charge in [0.05, 0.1) is 0 Å². The maximum Gasteiger partial charge on any atom is 0.123 e. The molecule has 0 saturated carbocycles. The zero-order chi connectivity index (χ0) is 15.1. The van der Waals surface area contributed by atoms with E-state index in [9.17, 15) is 4.39 Å². The van der Waals surface area contributed by atoms with Gasteiger partial charge in [0.25, 0.3) is 0 Å². The molecule has 2 unspecified atom stereocenters. The number of hydrogen-bond donors (Lipinski definition) is 2. The number of nitrogens with zero attached hydrogens (tertiary/aromatic N) is 1. The van der Waals surface area contributed by atoms with Crippen LogP contribution in [0.25, 0.3) is 0 Å². The fourth-order valence-electron chi connectivity index (χ4n) is 3.34. The van der Waals surface area contributed by atoms with Gasteiger partial charge in [-0.2, -0.15) is 0 Å². The van der Waals surface area contributed by atoms with E-state index in [1.54, 1.807) is 12.1 Å². The van der Waals surface area contributed by atoms with E-state index in [1.165, 1.54) is 18.9 Å². The van der Waals surface area contributed by atoms with Crippen LogP contribution in [0.3, 0.4) is 0 Å². The van der Waals surface area contributed by atoms with E-state index >= 15 is 0 Å². The molecule has 1 aromatic carbocycles. The fraction of sp³-hybridized carbons (Fsp3) is 0.647. The van der Waals surface area contributed by atoms with Gasteiger partial charge in [0.1, 0.15) is 5.82 Å². The number of nitrogens with one attached hydrogen (secondary N) is 1. The Hall–Kier alpha value is -0.970. The number of rotatable bonds is 8. The van der Waals surface area contributed by atoms with Gasteiger partial charge in [0.15, 0.2) is 0 Å². The third-order valence-corrected chi connectivity index (χ3v) is 4.50. The van der Waals surface area contributed by atoms with E-state index in [0.717, 1.165) is 37.9 Å². The van der Waals surface area contributed by atoms with Gasteiger partial charge in [-0.15, -0.1) is 0 Å². The number of hydrogen-bond acceptors (Lipinski definition) is 3. The summed E-state index contributed by atoms with van der Waals surface area (Å²) in [5.74, 6) is -0.172. The number of aliphatic hydroxyl groups is 1. The van der Waals surface area contributed by atoms with E-state index in [4.69, 9.17) is 5.11 Å². The molecule has 1 heterocycles. The monoisotopic (exact) mass is 294 g/mol. The zero-order valence-corrected chi connectivity index (χ0v) is 12.9. The first kappa shape index (κ1) is 16.4. The molecule has 1 saturated heterocycles. The van der Waals surface area contributed by atoms with Crippen molar-refractivity contribution in [3.8, 4) is 0 Å². The van der Waals surface area contributed by atoms with Crippen molar-refractivity contribution in [1.29, 1.82) is 0 Å². The number of benzene rings is 1. The fourth-order valence-corrected chi connectivity index (χ4v) is 3.34. The largest absolute Gasteiger partial charge is 0.396 e. The molecule has 21 heavy (non-hydrogen) atoms. The summed E-state index contributed by atoms with van der Waals surface area (Å²) in [6.07, 6.45) is 5.45. The summed E-state index contributed by atoms with van der Waals surface area (Å²) in [4.78, 5) is 2.53. The van der Waals surface area contributed by atoms with Gasteiger partial charge in [-0.3, -0.25) is 0 Å². The topological polar surface area (TPSA) is 35.5 Å². The second-order valence-corrected chi connectivity index (χ2v) is 5.88. The first-order valence-electron chi connectivity index (χ1n) is 8.02. The van der Waals surface area contributed by atoms with Crippen LogP contribution in [0.15, 0.2) is 24.3 Å². The summed E-state index contributed by atoms with van der Waals surface area (Å²) in [5.41, 5.74) is 1.02. The Morgan fingerprint density at radius 2 is 2.33 bits per heavy atom. The highest BCUT2D eigenvalue weighted by atomic mass is 19.1. The number of halogens is 1. The molecule has 2 atom stereocenters. The van der Waals surface area contributed by atoms with Crippen molar-refractivity contribution in [2.24, 2.45) is 0 Å². The van der Waals surface area contributed by atoms with Gasteiger partial charge < -0.3 is 15.3 Å². The molecule has 1 aromatic rings. The Morgan fingerprint density at radius 3 is 3.05 bits per heavy atom. The summed E-state index contributed by atoms with van der Waals surface area (Å²) in [6.45, 7) is 2.46. The van der Waals surface area contributed by atoms with Crippen molar-refractivity contribution in [2.45, 2.75) is 44.2 Å².